The number of carbonyl (C=O) groups is 1. The normalized spacial score (nSPS) is 13.2. The van der Waals surface area contributed by atoms with Crippen LogP contribution in [0.15, 0.2) is 29.1 Å². The first kappa shape index (κ1) is 18.2. The zero-order chi connectivity index (χ0) is 20.0. The van der Waals surface area contributed by atoms with Crippen LogP contribution in [0.3, 0.4) is 0 Å². The molecule has 0 bridgehead atoms. The van der Waals surface area contributed by atoms with Gasteiger partial charge in [-0.25, -0.2) is 4.98 Å². The maximum absolute atomic E-state index is 13.1. The molecule has 0 saturated heterocycles. The van der Waals surface area contributed by atoms with Gasteiger partial charge in [0.15, 0.2) is 0 Å². The van der Waals surface area contributed by atoms with Crippen LogP contribution in [0.1, 0.15) is 42.2 Å². The molecule has 0 saturated carbocycles. The van der Waals surface area contributed by atoms with E-state index in [1.54, 1.807) is 35.8 Å². The largest absolute Gasteiger partial charge is 0.508 e. The van der Waals surface area contributed by atoms with Crippen LogP contribution in [-0.2, 0) is 29.1 Å². The lowest BCUT2D eigenvalue weighted by Crippen LogP contribution is -2.26. The lowest BCUT2D eigenvalue weighted by molar-refractivity contribution is -0.129. The minimum absolute atomic E-state index is 0.168. The molecule has 1 aliphatic rings. The van der Waals surface area contributed by atoms with Crippen molar-refractivity contribution < 1.29 is 19.7 Å². The van der Waals surface area contributed by atoms with Crippen LogP contribution in [0.4, 0.5) is 0 Å². The fraction of sp³-hybridized carbons (Fsp3) is 0.286. The summed E-state index contributed by atoms with van der Waals surface area (Å²) in [5.41, 5.74) is 4.43. The van der Waals surface area contributed by atoms with E-state index in [9.17, 15) is 19.8 Å². The summed E-state index contributed by atoms with van der Waals surface area (Å²) in [6, 6.07) is 6.79. The van der Waals surface area contributed by atoms with Crippen LogP contribution in [0.25, 0.3) is 22.3 Å². The Hall–Kier alpha value is -3.19. The Morgan fingerprint density at radius 1 is 1.32 bits per heavy atom. The van der Waals surface area contributed by atoms with E-state index >= 15 is 0 Å². The molecule has 2 N–H and O–H groups in total. The molecule has 0 aliphatic carbocycles. The van der Waals surface area contributed by atoms with Crippen LogP contribution in [0.5, 0.6) is 5.75 Å². The zero-order valence-corrected chi connectivity index (χ0v) is 15.6. The van der Waals surface area contributed by atoms with Crippen molar-refractivity contribution in [1.29, 1.82) is 0 Å². The Morgan fingerprint density at radius 2 is 2.11 bits per heavy atom. The molecule has 7 heteroatoms. The predicted molar refractivity (Wildman–Crippen MR) is 103 cm³/mol. The molecule has 28 heavy (non-hydrogen) atoms. The highest BCUT2D eigenvalue weighted by Gasteiger charge is 2.28. The van der Waals surface area contributed by atoms with E-state index < -0.39 is 6.10 Å². The standard InChI is InChI=1S/C21H20N2O5/c1-3-13-15-6-12(26)4-5-18(15)22-20-16(13)8-23-19(20)7-14(11(2)25)17(21(23)27)9-28-10-24/h4-7,10-11,25-26H,3,8-9H2,1-2H3. The maximum atomic E-state index is 13.1. The highest BCUT2D eigenvalue weighted by molar-refractivity contribution is 5.89. The van der Waals surface area contributed by atoms with Gasteiger partial charge in [0.1, 0.15) is 12.4 Å². The summed E-state index contributed by atoms with van der Waals surface area (Å²) in [4.78, 5) is 28.4. The van der Waals surface area contributed by atoms with Crippen molar-refractivity contribution in [3.05, 3.63) is 56.9 Å². The van der Waals surface area contributed by atoms with E-state index in [4.69, 9.17) is 9.72 Å². The molecule has 144 valence electrons. The number of rotatable bonds is 5. The quantitative estimate of drug-likeness (QED) is 0.516. The summed E-state index contributed by atoms with van der Waals surface area (Å²) < 4.78 is 6.40. The van der Waals surface area contributed by atoms with Gasteiger partial charge in [-0.15, -0.1) is 0 Å². The number of pyridine rings is 2. The van der Waals surface area contributed by atoms with E-state index in [0.717, 1.165) is 28.5 Å². The number of benzene rings is 1. The topological polar surface area (TPSA) is 102 Å². The monoisotopic (exact) mass is 380 g/mol. The second-order valence-corrected chi connectivity index (χ2v) is 6.91. The van der Waals surface area contributed by atoms with Crippen molar-refractivity contribution in [3.63, 3.8) is 0 Å². The van der Waals surface area contributed by atoms with Crippen LogP contribution in [0, 0.1) is 0 Å². The summed E-state index contributed by atoms with van der Waals surface area (Å²) >= 11 is 0. The van der Waals surface area contributed by atoms with Crippen LogP contribution in [-0.4, -0.2) is 26.2 Å². The molecule has 3 heterocycles. The van der Waals surface area contributed by atoms with Crippen LogP contribution in [0.2, 0.25) is 0 Å². The predicted octanol–water partition coefficient (Wildman–Crippen LogP) is 2.42. The number of phenolic OH excluding ortho intramolecular Hbond substituents is 1. The fourth-order valence-corrected chi connectivity index (χ4v) is 4.00. The molecule has 1 unspecified atom stereocenters. The van der Waals surface area contributed by atoms with Gasteiger partial charge in [0.05, 0.1) is 35.1 Å². The summed E-state index contributed by atoms with van der Waals surface area (Å²) in [5, 5.41) is 20.9. The number of nitrogens with zero attached hydrogens (tertiary/aromatic N) is 2. The Labute approximate surface area is 160 Å². The minimum Gasteiger partial charge on any atom is -0.508 e. The van der Waals surface area contributed by atoms with Crippen molar-refractivity contribution in [2.45, 2.75) is 39.5 Å². The van der Waals surface area contributed by atoms with Crippen molar-refractivity contribution in [1.82, 2.24) is 9.55 Å². The van der Waals surface area contributed by atoms with Gasteiger partial charge in [0, 0.05) is 10.9 Å². The second-order valence-electron chi connectivity index (χ2n) is 6.91. The number of aromatic hydroxyl groups is 1. The number of fused-ring (bicyclic) bond motifs is 4. The molecular weight excluding hydrogens is 360 g/mol. The smallest absolute Gasteiger partial charge is 0.293 e. The highest BCUT2D eigenvalue weighted by Crippen LogP contribution is 2.37. The van der Waals surface area contributed by atoms with E-state index in [0.29, 0.717) is 23.5 Å². The maximum Gasteiger partial charge on any atom is 0.293 e. The highest BCUT2D eigenvalue weighted by atomic mass is 16.5. The molecule has 0 fully saturated rings. The molecule has 3 aromatic rings. The molecule has 1 aliphatic heterocycles. The Balaban J connectivity index is 2.01. The van der Waals surface area contributed by atoms with Gasteiger partial charge >= 0.3 is 0 Å². The number of aliphatic hydroxyl groups excluding tert-OH is 1. The van der Waals surface area contributed by atoms with Gasteiger partial charge in [-0.3, -0.25) is 9.59 Å². The molecule has 7 nitrogen and oxygen atoms in total. The third kappa shape index (κ3) is 2.66. The number of aliphatic hydroxyl groups is 1. The molecule has 0 amide bonds. The minimum atomic E-state index is -0.893. The van der Waals surface area contributed by atoms with Gasteiger partial charge in [0.25, 0.3) is 12.0 Å². The Bertz CT molecular complexity index is 1160. The summed E-state index contributed by atoms with van der Waals surface area (Å²) in [6.07, 6.45) is -0.172. The van der Waals surface area contributed by atoms with E-state index in [1.165, 1.54) is 0 Å². The number of hydrogen-bond donors (Lipinski definition) is 2. The lowest BCUT2D eigenvalue weighted by atomic mass is 9.98. The average molecular weight is 380 g/mol. The number of aryl methyl sites for hydroxylation is 1. The first-order valence-electron chi connectivity index (χ1n) is 9.11. The van der Waals surface area contributed by atoms with Crippen molar-refractivity contribution in [2.24, 2.45) is 0 Å². The summed E-state index contributed by atoms with van der Waals surface area (Å²) in [7, 11) is 0. The number of carbonyl (C=O) groups excluding carboxylic acids is 1. The lowest BCUT2D eigenvalue weighted by Gasteiger charge is -2.14. The summed E-state index contributed by atoms with van der Waals surface area (Å²) in [5.74, 6) is 0.168. The molecule has 4 rings (SSSR count). The SMILES string of the molecule is CCc1c2c(nc3ccc(O)cc13)-c1cc(C(C)O)c(COC=O)c(=O)n1C2. The van der Waals surface area contributed by atoms with Gasteiger partial charge in [-0.1, -0.05) is 6.92 Å². The van der Waals surface area contributed by atoms with Crippen LogP contribution < -0.4 is 5.56 Å². The van der Waals surface area contributed by atoms with E-state index in [2.05, 4.69) is 0 Å². The van der Waals surface area contributed by atoms with E-state index in [-0.39, 0.29) is 30.0 Å². The number of aromatic nitrogens is 2. The number of phenols is 1. The average Bonchev–Trinajstić information content (AvgIpc) is 3.03. The van der Waals surface area contributed by atoms with Gasteiger partial charge in [-0.2, -0.15) is 0 Å². The van der Waals surface area contributed by atoms with Crippen molar-refractivity contribution >= 4 is 17.4 Å². The third-order valence-electron chi connectivity index (χ3n) is 5.28. The van der Waals surface area contributed by atoms with Gasteiger partial charge in [0.2, 0.25) is 0 Å². The first-order chi connectivity index (χ1) is 13.5. The molecular formula is C21H20N2O5. The number of ether oxygens (including phenoxy) is 1. The molecule has 0 spiro atoms. The molecule has 2 aromatic heterocycles. The fourth-order valence-electron chi connectivity index (χ4n) is 4.00. The summed E-state index contributed by atoms with van der Waals surface area (Å²) in [6.45, 7) is 4.03. The third-order valence-corrected chi connectivity index (χ3v) is 5.28. The molecule has 1 atom stereocenters. The van der Waals surface area contributed by atoms with Gasteiger partial charge in [-0.05, 0) is 48.7 Å². The Kier molecular flexibility index (Phi) is 4.39. The van der Waals surface area contributed by atoms with Gasteiger partial charge < -0.3 is 19.5 Å². The van der Waals surface area contributed by atoms with E-state index in [1.807, 2.05) is 6.92 Å². The van der Waals surface area contributed by atoms with Crippen molar-refractivity contribution in [3.8, 4) is 17.1 Å². The molecule has 0 radical (unpaired) electrons. The number of hydrogen-bond acceptors (Lipinski definition) is 6. The molecule has 1 aromatic carbocycles. The second kappa shape index (κ2) is 6.76. The zero-order valence-electron chi connectivity index (χ0n) is 15.6. The first-order valence-corrected chi connectivity index (χ1v) is 9.11. The van der Waals surface area contributed by atoms with Crippen molar-refractivity contribution in [2.75, 3.05) is 0 Å². The van der Waals surface area contributed by atoms with Crippen LogP contribution >= 0.6 is 0 Å². The Morgan fingerprint density at radius 3 is 2.79 bits per heavy atom.